The molecular formula is C11H8BrF5O. The Morgan fingerprint density at radius 1 is 1.28 bits per heavy atom. The maximum absolute atomic E-state index is 12.6. The summed E-state index contributed by atoms with van der Waals surface area (Å²) in [7, 11) is 0. The van der Waals surface area contributed by atoms with Gasteiger partial charge in [-0.25, -0.2) is 8.78 Å². The molecule has 0 aliphatic heterocycles. The van der Waals surface area contributed by atoms with E-state index in [4.69, 9.17) is 0 Å². The van der Waals surface area contributed by atoms with Gasteiger partial charge in [-0.2, -0.15) is 13.2 Å². The summed E-state index contributed by atoms with van der Waals surface area (Å²) in [6.45, 7) is 1.36. The number of hydrogen-bond donors (Lipinski definition) is 0. The van der Waals surface area contributed by atoms with Gasteiger partial charge in [-0.15, -0.1) is 0 Å². The molecule has 0 bridgehead atoms. The zero-order chi connectivity index (χ0) is 14.1. The Labute approximate surface area is 108 Å². The molecule has 1 aromatic rings. The van der Waals surface area contributed by atoms with Gasteiger partial charge in [0.2, 0.25) is 0 Å². The maximum Gasteiger partial charge on any atom is 0.416 e. The predicted molar refractivity (Wildman–Crippen MR) is 59.1 cm³/mol. The molecule has 0 heterocycles. The number of carbonyl (C=O) groups is 1. The van der Waals surface area contributed by atoms with Crippen molar-refractivity contribution in [3.8, 4) is 0 Å². The molecule has 0 spiro atoms. The lowest BCUT2D eigenvalue weighted by Crippen LogP contribution is -2.15. The van der Waals surface area contributed by atoms with Gasteiger partial charge in [-0.3, -0.25) is 4.79 Å². The molecule has 1 nitrogen and oxygen atoms in total. The number of ketones is 1. The van der Waals surface area contributed by atoms with Crippen molar-refractivity contribution in [2.75, 3.05) is 0 Å². The average Bonchev–Trinajstić information content (AvgIpc) is 2.25. The van der Waals surface area contributed by atoms with Gasteiger partial charge in [0.15, 0.2) is 5.78 Å². The predicted octanol–water partition coefficient (Wildman–Crippen LogP) is 4.61. The van der Waals surface area contributed by atoms with Crippen LogP contribution in [-0.2, 0) is 6.18 Å². The summed E-state index contributed by atoms with van der Waals surface area (Å²) in [5.41, 5.74) is -2.42. The maximum atomic E-state index is 12.6. The largest absolute Gasteiger partial charge is 0.416 e. The molecule has 1 atom stereocenters. The van der Waals surface area contributed by atoms with Crippen LogP contribution in [0.15, 0.2) is 18.2 Å². The van der Waals surface area contributed by atoms with E-state index in [2.05, 4.69) is 15.9 Å². The van der Waals surface area contributed by atoms with Crippen LogP contribution in [0.1, 0.15) is 34.8 Å². The summed E-state index contributed by atoms with van der Waals surface area (Å²) in [6, 6.07) is 1.63. The Hall–Kier alpha value is -0.980. The molecule has 0 aromatic heterocycles. The van der Waals surface area contributed by atoms with Gasteiger partial charge < -0.3 is 0 Å². The average molecular weight is 331 g/mol. The molecule has 1 unspecified atom stereocenters. The minimum atomic E-state index is -4.68. The molecule has 0 saturated carbocycles. The molecule has 0 amide bonds. The van der Waals surface area contributed by atoms with Crippen LogP contribution in [0.3, 0.4) is 0 Å². The van der Waals surface area contributed by atoms with Gasteiger partial charge in [0, 0.05) is 11.1 Å². The van der Waals surface area contributed by atoms with E-state index >= 15 is 0 Å². The topological polar surface area (TPSA) is 17.1 Å². The number of hydrogen-bond acceptors (Lipinski definition) is 1. The van der Waals surface area contributed by atoms with Crippen molar-refractivity contribution in [2.24, 2.45) is 0 Å². The van der Waals surface area contributed by atoms with Crippen LogP contribution in [0.2, 0.25) is 0 Å². The molecule has 0 saturated heterocycles. The Kier molecular flexibility index (Phi) is 4.47. The van der Waals surface area contributed by atoms with Crippen molar-refractivity contribution in [1.29, 1.82) is 0 Å². The van der Waals surface area contributed by atoms with Crippen molar-refractivity contribution in [3.05, 3.63) is 34.9 Å². The van der Waals surface area contributed by atoms with E-state index in [-0.39, 0.29) is 0 Å². The molecular weight excluding hydrogens is 323 g/mol. The lowest BCUT2D eigenvalue weighted by molar-refractivity contribution is -0.137. The number of alkyl halides is 6. The first kappa shape index (κ1) is 15.1. The van der Waals surface area contributed by atoms with Crippen molar-refractivity contribution in [2.45, 2.75) is 24.4 Å². The van der Waals surface area contributed by atoms with E-state index in [9.17, 15) is 26.7 Å². The second-order valence-electron chi connectivity index (χ2n) is 3.58. The minimum absolute atomic E-state index is 0.460. The monoisotopic (exact) mass is 330 g/mol. The van der Waals surface area contributed by atoms with Crippen molar-refractivity contribution >= 4 is 21.7 Å². The second-order valence-corrected chi connectivity index (χ2v) is 4.95. The van der Waals surface area contributed by atoms with E-state index in [1.807, 2.05) is 0 Å². The quantitative estimate of drug-likeness (QED) is 0.449. The normalized spacial score (nSPS) is 13.8. The molecule has 0 N–H and O–H groups in total. The van der Waals surface area contributed by atoms with Gasteiger partial charge in [-0.1, -0.05) is 22.0 Å². The Morgan fingerprint density at radius 2 is 1.83 bits per heavy atom. The van der Waals surface area contributed by atoms with Crippen molar-refractivity contribution < 1.29 is 26.7 Å². The number of halogens is 6. The second kappa shape index (κ2) is 5.34. The third-order valence-corrected chi connectivity index (χ3v) is 2.66. The lowest BCUT2D eigenvalue weighted by atomic mass is 9.99. The highest BCUT2D eigenvalue weighted by Crippen LogP contribution is 2.33. The fourth-order valence-corrected chi connectivity index (χ4v) is 1.60. The summed E-state index contributed by atoms with van der Waals surface area (Å²) in [6.07, 6.45) is -7.68. The van der Waals surface area contributed by atoms with Crippen LogP contribution in [0.4, 0.5) is 22.0 Å². The van der Waals surface area contributed by atoms with Gasteiger partial charge in [0.25, 0.3) is 6.43 Å². The molecule has 0 fully saturated rings. The Balaban J connectivity index is 3.38. The number of Topliss-reactive ketones (excluding diaryl/α,β-unsaturated/α-hetero) is 1. The molecule has 7 heteroatoms. The summed E-state index contributed by atoms with van der Waals surface area (Å²) < 4.78 is 62.6. The SMILES string of the molecule is CC(Br)C(=O)c1cc(C(F)(F)F)ccc1C(F)F. The van der Waals surface area contributed by atoms with Crippen LogP contribution >= 0.6 is 15.9 Å². The molecule has 0 aliphatic rings. The molecule has 1 rings (SSSR count). The Bertz CT molecular complexity index is 453. The number of carbonyl (C=O) groups excluding carboxylic acids is 1. The highest BCUT2D eigenvalue weighted by molar-refractivity contribution is 9.10. The fourth-order valence-electron chi connectivity index (χ4n) is 1.35. The van der Waals surface area contributed by atoms with E-state index in [1.165, 1.54) is 6.92 Å². The third kappa shape index (κ3) is 3.28. The van der Waals surface area contributed by atoms with Crippen molar-refractivity contribution in [1.82, 2.24) is 0 Å². The molecule has 0 radical (unpaired) electrons. The van der Waals surface area contributed by atoms with Crippen LogP contribution < -0.4 is 0 Å². The summed E-state index contributed by atoms with van der Waals surface area (Å²) in [5, 5.41) is 0. The lowest BCUT2D eigenvalue weighted by Gasteiger charge is -2.13. The Morgan fingerprint density at radius 3 is 2.22 bits per heavy atom. The zero-order valence-corrected chi connectivity index (χ0v) is 10.6. The van der Waals surface area contributed by atoms with E-state index in [0.717, 1.165) is 0 Å². The first-order chi connectivity index (χ1) is 8.14. The van der Waals surface area contributed by atoms with Crippen LogP contribution in [0.5, 0.6) is 0 Å². The highest BCUT2D eigenvalue weighted by Gasteiger charge is 2.33. The number of rotatable bonds is 3. The molecule has 0 aliphatic carbocycles. The van der Waals surface area contributed by atoms with E-state index in [0.29, 0.717) is 18.2 Å². The van der Waals surface area contributed by atoms with E-state index in [1.54, 1.807) is 0 Å². The first-order valence-electron chi connectivity index (χ1n) is 4.82. The van der Waals surface area contributed by atoms with Gasteiger partial charge in [0.05, 0.1) is 10.4 Å². The summed E-state index contributed by atoms with van der Waals surface area (Å²) in [4.78, 5) is 10.8. The third-order valence-electron chi connectivity index (χ3n) is 2.24. The smallest absolute Gasteiger partial charge is 0.293 e. The highest BCUT2D eigenvalue weighted by atomic mass is 79.9. The van der Waals surface area contributed by atoms with Crippen LogP contribution in [0.25, 0.3) is 0 Å². The van der Waals surface area contributed by atoms with E-state index < -0.39 is 39.9 Å². The fraction of sp³-hybridized carbons (Fsp3) is 0.364. The van der Waals surface area contributed by atoms with Crippen LogP contribution in [0, 0.1) is 0 Å². The number of benzene rings is 1. The van der Waals surface area contributed by atoms with Gasteiger partial charge in [0.1, 0.15) is 0 Å². The van der Waals surface area contributed by atoms with Gasteiger partial charge in [-0.05, 0) is 19.1 Å². The molecule has 18 heavy (non-hydrogen) atoms. The first-order valence-corrected chi connectivity index (χ1v) is 5.73. The standard InChI is InChI=1S/C11H8BrF5O/c1-5(12)9(18)8-4-6(11(15,16)17)2-3-7(8)10(13)14/h2-5,10H,1H3. The van der Waals surface area contributed by atoms with Crippen molar-refractivity contribution in [3.63, 3.8) is 0 Å². The zero-order valence-electron chi connectivity index (χ0n) is 9.06. The molecule has 100 valence electrons. The molecule has 1 aromatic carbocycles. The van der Waals surface area contributed by atoms with Gasteiger partial charge >= 0.3 is 6.18 Å². The summed E-state index contributed by atoms with van der Waals surface area (Å²) >= 11 is 2.86. The minimum Gasteiger partial charge on any atom is -0.293 e. The van der Waals surface area contributed by atoms with Crippen LogP contribution in [-0.4, -0.2) is 10.6 Å². The summed E-state index contributed by atoms with van der Waals surface area (Å²) in [5.74, 6) is -0.809.